The van der Waals surface area contributed by atoms with Gasteiger partial charge < -0.3 is 10.4 Å². The number of hydrogen-bond acceptors (Lipinski definition) is 3. The molecule has 1 aliphatic carbocycles. The second-order valence-electron chi connectivity index (χ2n) is 5.53. The molecule has 0 amide bonds. The van der Waals surface area contributed by atoms with Crippen LogP contribution in [0.25, 0.3) is 10.9 Å². The number of aliphatic hydroxyl groups is 1. The van der Waals surface area contributed by atoms with E-state index in [1.54, 1.807) is 6.20 Å². The maximum atomic E-state index is 9.83. The molecular formula is C16H19ClN2O. The van der Waals surface area contributed by atoms with Gasteiger partial charge in [-0.3, -0.25) is 4.98 Å². The van der Waals surface area contributed by atoms with Crippen molar-refractivity contribution in [3.05, 3.63) is 41.0 Å². The molecule has 1 aliphatic rings. The molecular weight excluding hydrogens is 272 g/mol. The summed E-state index contributed by atoms with van der Waals surface area (Å²) in [5.41, 5.74) is 2.11. The summed E-state index contributed by atoms with van der Waals surface area (Å²) in [5, 5.41) is 15.1. The molecule has 0 bridgehead atoms. The molecule has 106 valence electrons. The first kappa shape index (κ1) is 13.8. The van der Waals surface area contributed by atoms with Gasteiger partial charge in [0, 0.05) is 29.7 Å². The Hall–Kier alpha value is -1.16. The molecule has 1 fully saturated rings. The van der Waals surface area contributed by atoms with Crippen LogP contribution >= 0.6 is 11.6 Å². The van der Waals surface area contributed by atoms with Gasteiger partial charge in [0.25, 0.3) is 0 Å². The van der Waals surface area contributed by atoms with Crippen molar-refractivity contribution in [2.45, 2.75) is 31.9 Å². The summed E-state index contributed by atoms with van der Waals surface area (Å²) in [4.78, 5) is 4.44. The third kappa shape index (κ3) is 2.95. The van der Waals surface area contributed by atoms with Crippen LogP contribution in [-0.2, 0) is 6.54 Å². The summed E-state index contributed by atoms with van der Waals surface area (Å²) in [6.07, 6.45) is 4.85. The van der Waals surface area contributed by atoms with Crippen LogP contribution in [0.2, 0.25) is 5.02 Å². The van der Waals surface area contributed by atoms with Crippen molar-refractivity contribution in [1.82, 2.24) is 10.3 Å². The van der Waals surface area contributed by atoms with E-state index in [1.807, 2.05) is 24.3 Å². The molecule has 2 atom stereocenters. The van der Waals surface area contributed by atoms with Crippen molar-refractivity contribution >= 4 is 22.5 Å². The van der Waals surface area contributed by atoms with Crippen molar-refractivity contribution in [2.24, 2.45) is 5.92 Å². The minimum absolute atomic E-state index is 0.142. The lowest BCUT2D eigenvalue weighted by molar-refractivity contribution is 0.131. The van der Waals surface area contributed by atoms with Crippen molar-refractivity contribution in [3.8, 4) is 0 Å². The lowest BCUT2D eigenvalue weighted by Gasteiger charge is -2.15. The molecule has 1 aromatic heterocycles. The first-order valence-corrected chi connectivity index (χ1v) is 7.54. The third-order valence-electron chi connectivity index (χ3n) is 4.09. The Bertz CT molecular complexity index is 602. The number of nitrogens with zero attached hydrogens (tertiary/aromatic N) is 1. The van der Waals surface area contributed by atoms with Gasteiger partial charge in [0.15, 0.2) is 0 Å². The number of aromatic nitrogens is 1. The third-order valence-corrected chi connectivity index (χ3v) is 4.31. The van der Waals surface area contributed by atoms with E-state index in [0.717, 1.165) is 53.8 Å². The van der Waals surface area contributed by atoms with Gasteiger partial charge in [-0.15, -0.1) is 0 Å². The van der Waals surface area contributed by atoms with E-state index in [1.165, 1.54) is 0 Å². The first-order valence-electron chi connectivity index (χ1n) is 7.16. The number of nitrogens with one attached hydrogen (secondary N) is 1. The predicted molar refractivity (Wildman–Crippen MR) is 81.8 cm³/mol. The van der Waals surface area contributed by atoms with E-state index in [0.29, 0.717) is 5.92 Å². The SMILES string of the molecule is O[C@H]1CCC[C@H]1CNCc1cc(Cl)cc2cccnc12. The summed E-state index contributed by atoms with van der Waals surface area (Å²) >= 11 is 6.16. The maximum absolute atomic E-state index is 9.83. The minimum atomic E-state index is -0.142. The summed E-state index contributed by atoms with van der Waals surface area (Å²) in [7, 11) is 0. The van der Waals surface area contributed by atoms with Crippen molar-refractivity contribution < 1.29 is 5.11 Å². The van der Waals surface area contributed by atoms with Gasteiger partial charge in [0.05, 0.1) is 11.6 Å². The van der Waals surface area contributed by atoms with Gasteiger partial charge in [-0.2, -0.15) is 0 Å². The van der Waals surface area contributed by atoms with Crippen LogP contribution in [0.5, 0.6) is 0 Å². The number of benzene rings is 1. The number of pyridine rings is 1. The van der Waals surface area contributed by atoms with Crippen LogP contribution in [0, 0.1) is 5.92 Å². The average molecular weight is 291 g/mol. The van der Waals surface area contributed by atoms with Gasteiger partial charge in [-0.25, -0.2) is 0 Å². The van der Waals surface area contributed by atoms with Gasteiger partial charge in [0.1, 0.15) is 0 Å². The predicted octanol–water partition coefficient (Wildman–Crippen LogP) is 3.14. The molecule has 2 N–H and O–H groups in total. The van der Waals surface area contributed by atoms with Crippen LogP contribution < -0.4 is 5.32 Å². The van der Waals surface area contributed by atoms with Gasteiger partial charge >= 0.3 is 0 Å². The average Bonchev–Trinajstić information content (AvgIpc) is 2.84. The Kier molecular flexibility index (Phi) is 4.20. The fourth-order valence-corrected chi connectivity index (χ4v) is 3.26. The first-order chi connectivity index (χ1) is 9.74. The number of halogens is 1. The van der Waals surface area contributed by atoms with E-state index >= 15 is 0 Å². The summed E-state index contributed by atoms with van der Waals surface area (Å²) < 4.78 is 0. The van der Waals surface area contributed by atoms with Crippen molar-refractivity contribution in [2.75, 3.05) is 6.54 Å². The fourth-order valence-electron chi connectivity index (χ4n) is 3.01. The van der Waals surface area contributed by atoms with Crippen LogP contribution in [0.15, 0.2) is 30.5 Å². The molecule has 20 heavy (non-hydrogen) atoms. The molecule has 2 aromatic rings. The Labute approximate surface area is 124 Å². The number of hydrogen-bond donors (Lipinski definition) is 2. The number of fused-ring (bicyclic) bond motifs is 1. The standard InChI is InChI=1S/C16H19ClN2O/c17-14-7-11-4-2-6-19-16(11)13(8-14)10-18-9-12-3-1-5-15(12)20/h2,4,6-8,12,15,18,20H,1,3,5,9-10H2/t12-,15-/m0/s1. The topological polar surface area (TPSA) is 45.1 Å². The Balaban J connectivity index is 1.71. The molecule has 0 radical (unpaired) electrons. The highest BCUT2D eigenvalue weighted by Gasteiger charge is 2.24. The summed E-state index contributed by atoms with van der Waals surface area (Å²) in [6, 6.07) is 7.85. The van der Waals surface area contributed by atoms with E-state index in [2.05, 4.69) is 10.3 Å². The Morgan fingerprint density at radius 3 is 3.05 bits per heavy atom. The molecule has 0 saturated heterocycles. The smallest absolute Gasteiger partial charge is 0.0747 e. The zero-order valence-electron chi connectivity index (χ0n) is 11.3. The fraction of sp³-hybridized carbons (Fsp3) is 0.438. The molecule has 3 rings (SSSR count). The van der Waals surface area contributed by atoms with Gasteiger partial charge in [-0.05, 0) is 42.5 Å². The van der Waals surface area contributed by atoms with E-state index in [-0.39, 0.29) is 6.10 Å². The highest BCUT2D eigenvalue weighted by molar-refractivity contribution is 6.31. The Morgan fingerprint density at radius 1 is 1.35 bits per heavy atom. The van der Waals surface area contributed by atoms with Crippen LogP contribution in [0.4, 0.5) is 0 Å². The molecule has 1 saturated carbocycles. The van der Waals surface area contributed by atoms with Gasteiger partial charge in [-0.1, -0.05) is 24.1 Å². The molecule has 3 nitrogen and oxygen atoms in total. The molecule has 4 heteroatoms. The molecule has 0 unspecified atom stereocenters. The maximum Gasteiger partial charge on any atom is 0.0747 e. The van der Waals surface area contributed by atoms with Crippen LogP contribution in [0.3, 0.4) is 0 Å². The number of aliphatic hydroxyl groups excluding tert-OH is 1. The summed E-state index contributed by atoms with van der Waals surface area (Å²) in [6.45, 7) is 1.58. The minimum Gasteiger partial charge on any atom is -0.393 e. The normalized spacial score (nSPS) is 22.5. The molecule has 1 heterocycles. The quantitative estimate of drug-likeness (QED) is 0.909. The zero-order valence-corrected chi connectivity index (χ0v) is 12.1. The van der Waals surface area contributed by atoms with Crippen molar-refractivity contribution in [1.29, 1.82) is 0 Å². The molecule has 1 aromatic carbocycles. The highest BCUT2D eigenvalue weighted by Crippen LogP contribution is 2.25. The monoisotopic (exact) mass is 290 g/mol. The summed E-state index contributed by atoms with van der Waals surface area (Å²) in [5.74, 6) is 0.383. The molecule has 0 aliphatic heterocycles. The zero-order chi connectivity index (χ0) is 13.9. The highest BCUT2D eigenvalue weighted by atomic mass is 35.5. The second-order valence-corrected chi connectivity index (χ2v) is 5.97. The van der Waals surface area contributed by atoms with E-state index in [9.17, 15) is 5.11 Å². The van der Waals surface area contributed by atoms with E-state index < -0.39 is 0 Å². The van der Waals surface area contributed by atoms with Crippen molar-refractivity contribution in [3.63, 3.8) is 0 Å². The lowest BCUT2D eigenvalue weighted by Crippen LogP contribution is -2.27. The van der Waals surface area contributed by atoms with Crippen LogP contribution in [0.1, 0.15) is 24.8 Å². The molecule has 0 spiro atoms. The number of rotatable bonds is 4. The lowest BCUT2D eigenvalue weighted by atomic mass is 10.1. The Morgan fingerprint density at radius 2 is 2.25 bits per heavy atom. The second kappa shape index (κ2) is 6.08. The largest absolute Gasteiger partial charge is 0.393 e. The van der Waals surface area contributed by atoms with Gasteiger partial charge in [0.2, 0.25) is 0 Å². The van der Waals surface area contributed by atoms with E-state index in [4.69, 9.17) is 11.6 Å². The van der Waals surface area contributed by atoms with Crippen LogP contribution in [-0.4, -0.2) is 22.7 Å².